The van der Waals surface area contributed by atoms with Crippen molar-refractivity contribution >= 4 is 15.9 Å². The fraction of sp³-hybridized carbons (Fsp3) is 0.333. The van der Waals surface area contributed by atoms with Crippen LogP contribution in [0.2, 0.25) is 0 Å². The molecule has 0 aromatic heterocycles. The highest BCUT2D eigenvalue weighted by molar-refractivity contribution is 9.09. The number of alkyl halides is 2. The second-order valence-electron chi connectivity index (χ2n) is 2.49. The molecular formula is C9H10BrF. The molecule has 0 amide bonds. The first-order valence-corrected chi connectivity index (χ1v) is 4.46. The van der Waals surface area contributed by atoms with Gasteiger partial charge in [-0.1, -0.05) is 46.3 Å². The topological polar surface area (TPSA) is 0 Å². The Morgan fingerprint density at radius 3 is 2.27 bits per heavy atom. The average molecular weight is 217 g/mol. The van der Waals surface area contributed by atoms with Crippen molar-refractivity contribution in [2.24, 2.45) is 0 Å². The lowest BCUT2D eigenvalue weighted by atomic mass is 10.1. The smallest absolute Gasteiger partial charge is 0.114 e. The van der Waals surface area contributed by atoms with E-state index in [9.17, 15) is 4.39 Å². The van der Waals surface area contributed by atoms with Crippen molar-refractivity contribution in [1.29, 1.82) is 0 Å². The number of hydrogen-bond donors (Lipinski definition) is 0. The summed E-state index contributed by atoms with van der Waals surface area (Å²) in [6.45, 7) is 1.55. The highest BCUT2D eigenvalue weighted by Gasteiger charge is 2.13. The van der Waals surface area contributed by atoms with Crippen LogP contribution in [0.1, 0.15) is 17.3 Å². The van der Waals surface area contributed by atoms with Gasteiger partial charge in [0.2, 0.25) is 0 Å². The minimum atomic E-state index is -0.850. The van der Waals surface area contributed by atoms with Crippen LogP contribution in [0.15, 0.2) is 30.3 Å². The minimum absolute atomic E-state index is 0.177. The minimum Gasteiger partial charge on any atom is -0.246 e. The Kier molecular flexibility index (Phi) is 3.06. The summed E-state index contributed by atoms with van der Waals surface area (Å²) in [5.41, 5.74) is 0.988. The molecule has 0 aliphatic rings. The molecule has 2 heteroatoms. The molecule has 1 rings (SSSR count). The summed E-state index contributed by atoms with van der Waals surface area (Å²) in [5, 5.41) is 0. The van der Waals surface area contributed by atoms with Gasteiger partial charge in [-0.05, 0) is 12.5 Å². The quantitative estimate of drug-likeness (QED) is 0.665. The van der Waals surface area contributed by atoms with Crippen LogP contribution in [-0.2, 0) is 0 Å². The summed E-state index contributed by atoms with van der Waals surface area (Å²) in [5.74, 6) is 0. The maximum absolute atomic E-state index is 12.7. The first kappa shape index (κ1) is 8.72. The molecule has 0 bridgehead atoms. The van der Waals surface area contributed by atoms with Gasteiger partial charge in [-0.15, -0.1) is 0 Å². The molecule has 0 nitrogen and oxygen atoms in total. The molecule has 0 N–H and O–H groups in total. The van der Waals surface area contributed by atoms with Gasteiger partial charge in [-0.2, -0.15) is 0 Å². The summed E-state index contributed by atoms with van der Waals surface area (Å²) >= 11 is 3.28. The third kappa shape index (κ3) is 2.29. The molecule has 1 aromatic rings. The predicted molar refractivity (Wildman–Crippen MR) is 48.7 cm³/mol. The molecule has 0 aliphatic carbocycles. The van der Waals surface area contributed by atoms with Gasteiger partial charge in [0.15, 0.2) is 0 Å². The van der Waals surface area contributed by atoms with Crippen LogP contribution in [0.25, 0.3) is 0 Å². The third-order valence-corrected chi connectivity index (χ3v) is 2.78. The molecule has 0 spiro atoms. The molecule has 0 fully saturated rings. The third-order valence-electron chi connectivity index (χ3n) is 1.52. The predicted octanol–water partition coefficient (Wildman–Crippen LogP) is 3.48. The van der Waals surface area contributed by atoms with Gasteiger partial charge in [0.05, 0.1) is 4.83 Å². The van der Waals surface area contributed by atoms with Crippen molar-refractivity contribution < 1.29 is 4.39 Å². The van der Waals surface area contributed by atoms with Crippen molar-refractivity contribution in [3.8, 4) is 0 Å². The summed E-state index contributed by atoms with van der Waals surface area (Å²) < 4.78 is 12.7. The molecular weight excluding hydrogens is 207 g/mol. The Labute approximate surface area is 74.6 Å². The number of halogens is 2. The van der Waals surface area contributed by atoms with Crippen LogP contribution in [0.3, 0.4) is 0 Å². The van der Waals surface area contributed by atoms with Gasteiger partial charge in [0, 0.05) is 0 Å². The van der Waals surface area contributed by atoms with E-state index < -0.39 is 6.17 Å². The van der Waals surface area contributed by atoms with E-state index in [1.165, 1.54) is 0 Å². The molecule has 0 saturated carbocycles. The normalized spacial score (nSPS) is 15.9. The van der Waals surface area contributed by atoms with Gasteiger partial charge in [-0.25, -0.2) is 4.39 Å². The fourth-order valence-electron chi connectivity index (χ4n) is 0.902. The summed E-state index contributed by atoms with van der Waals surface area (Å²) in [7, 11) is 0. The number of hydrogen-bond acceptors (Lipinski definition) is 0. The zero-order valence-electron chi connectivity index (χ0n) is 6.30. The Morgan fingerprint density at radius 1 is 1.27 bits per heavy atom. The molecule has 0 saturated heterocycles. The molecule has 0 unspecified atom stereocenters. The van der Waals surface area contributed by atoms with Crippen LogP contribution in [-0.4, -0.2) is 6.17 Å². The highest BCUT2D eigenvalue weighted by atomic mass is 79.9. The van der Waals surface area contributed by atoms with Gasteiger partial charge in [0.1, 0.15) is 6.17 Å². The van der Waals surface area contributed by atoms with Gasteiger partial charge >= 0.3 is 0 Å². The molecule has 1 aromatic carbocycles. The Morgan fingerprint density at radius 2 is 1.82 bits per heavy atom. The maximum atomic E-state index is 12.7. The van der Waals surface area contributed by atoms with E-state index in [1.807, 2.05) is 30.3 Å². The van der Waals surface area contributed by atoms with Crippen molar-refractivity contribution in [2.75, 3.05) is 0 Å². The Hall–Kier alpha value is -0.370. The van der Waals surface area contributed by atoms with Crippen LogP contribution < -0.4 is 0 Å². The van der Waals surface area contributed by atoms with Gasteiger partial charge < -0.3 is 0 Å². The fourth-order valence-corrected chi connectivity index (χ4v) is 1.21. The highest BCUT2D eigenvalue weighted by Crippen LogP contribution is 2.27. The SMILES string of the molecule is C[C@H](F)[C@H](Br)c1ccccc1. The van der Waals surface area contributed by atoms with E-state index in [-0.39, 0.29) is 4.83 Å². The molecule has 11 heavy (non-hydrogen) atoms. The zero-order valence-corrected chi connectivity index (χ0v) is 7.88. The average Bonchev–Trinajstić information content (AvgIpc) is 2.05. The zero-order chi connectivity index (χ0) is 8.27. The van der Waals surface area contributed by atoms with Crippen molar-refractivity contribution in [1.82, 2.24) is 0 Å². The van der Waals surface area contributed by atoms with Crippen LogP contribution in [0.5, 0.6) is 0 Å². The van der Waals surface area contributed by atoms with E-state index in [0.717, 1.165) is 5.56 Å². The number of rotatable bonds is 2. The van der Waals surface area contributed by atoms with Gasteiger partial charge in [-0.3, -0.25) is 0 Å². The van der Waals surface area contributed by atoms with Crippen LogP contribution >= 0.6 is 15.9 Å². The summed E-state index contributed by atoms with van der Waals surface area (Å²) in [6, 6.07) is 9.56. The lowest BCUT2D eigenvalue weighted by Crippen LogP contribution is -2.02. The number of benzene rings is 1. The Bertz CT molecular complexity index is 208. The molecule has 0 heterocycles. The van der Waals surface area contributed by atoms with Crippen molar-refractivity contribution in [3.05, 3.63) is 35.9 Å². The molecule has 0 aliphatic heterocycles. The molecule has 2 atom stereocenters. The molecule has 60 valence electrons. The first-order chi connectivity index (χ1) is 5.22. The lowest BCUT2D eigenvalue weighted by Gasteiger charge is -2.10. The van der Waals surface area contributed by atoms with Crippen molar-refractivity contribution in [3.63, 3.8) is 0 Å². The molecule has 0 radical (unpaired) electrons. The lowest BCUT2D eigenvalue weighted by molar-refractivity contribution is 0.358. The van der Waals surface area contributed by atoms with Crippen LogP contribution in [0, 0.1) is 0 Å². The van der Waals surface area contributed by atoms with E-state index in [1.54, 1.807) is 6.92 Å². The second-order valence-corrected chi connectivity index (χ2v) is 3.48. The Balaban J connectivity index is 2.77. The van der Waals surface area contributed by atoms with E-state index in [4.69, 9.17) is 0 Å². The van der Waals surface area contributed by atoms with E-state index >= 15 is 0 Å². The van der Waals surface area contributed by atoms with E-state index in [2.05, 4.69) is 15.9 Å². The summed E-state index contributed by atoms with van der Waals surface area (Å²) in [4.78, 5) is -0.177. The monoisotopic (exact) mass is 216 g/mol. The van der Waals surface area contributed by atoms with Crippen LogP contribution in [0.4, 0.5) is 4.39 Å². The maximum Gasteiger partial charge on any atom is 0.114 e. The summed E-state index contributed by atoms with van der Waals surface area (Å²) in [6.07, 6.45) is -0.850. The van der Waals surface area contributed by atoms with E-state index in [0.29, 0.717) is 0 Å². The standard InChI is InChI=1S/C9H10BrF/c1-7(11)9(10)8-5-3-2-4-6-8/h2-7,9H,1H3/t7-,9-/m0/s1. The first-order valence-electron chi connectivity index (χ1n) is 3.55. The largest absolute Gasteiger partial charge is 0.246 e. The van der Waals surface area contributed by atoms with Crippen molar-refractivity contribution in [2.45, 2.75) is 17.9 Å². The van der Waals surface area contributed by atoms with Gasteiger partial charge in [0.25, 0.3) is 0 Å². The second kappa shape index (κ2) is 3.86.